The van der Waals surface area contributed by atoms with Gasteiger partial charge in [-0.1, -0.05) is 60.7 Å². The summed E-state index contributed by atoms with van der Waals surface area (Å²) in [5.41, 5.74) is 2.11. The molecule has 0 saturated heterocycles. The highest BCUT2D eigenvalue weighted by atomic mass is 16.5. The average Bonchev–Trinajstić information content (AvgIpc) is 3.19. The normalized spacial score (nSPS) is 11.2. The third-order valence-electron chi connectivity index (χ3n) is 5.40. The number of carbonyl (C=O) groups excluding carboxylic acids is 2. The van der Waals surface area contributed by atoms with Crippen molar-refractivity contribution in [3.8, 4) is 0 Å². The fourth-order valence-corrected chi connectivity index (χ4v) is 3.99. The first-order valence-electron chi connectivity index (χ1n) is 9.91. The van der Waals surface area contributed by atoms with E-state index in [1.165, 1.54) is 0 Å². The monoisotopic (exact) mass is 393 g/mol. The maximum Gasteiger partial charge on any atom is 0.340 e. The summed E-state index contributed by atoms with van der Waals surface area (Å²) in [6, 6.07) is 25.0. The van der Waals surface area contributed by atoms with E-state index in [2.05, 4.69) is 0 Å². The maximum atomic E-state index is 13.5. The first-order valence-corrected chi connectivity index (χ1v) is 9.91. The van der Waals surface area contributed by atoms with E-state index < -0.39 is 5.97 Å². The zero-order valence-corrected chi connectivity index (χ0v) is 16.5. The quantitative estimate of drug-likeness (QED) is 0.293. The topological polar surface area (TPSA) is 47.8 Å². The van der Waals surface area contributed by atoms with Crippen LogP contribution in [0.1, 0.15) is 33.3 Å². The van der Waals surface area contributed by atoms with Gasteiger partial charge >= 0.3 is 5.97 Å². The second kappa shape index (κ2) is 7.16. The van der Waals surface area contributed by atoms with Gasteiger partial charge in [-0.15, -0.1) is 0 Å². The Labute approximate surface area is 173 Å². The van der Waals surface area contributed by atoms with Crippen molar-refractivity contribution in [2.24, 2.45) is 0 Å². The Hall–Kier alpha value is -3.92. The zero-order valence-electron chi connectivity index (χ0n) is 16.5. The van der Waals surface area contributed by atoms with Gasteiger partial charge in [0.15, 0.2) is 0 Å². The number of ether oxygens (including phenoxy) is 1. The second-order valence-electron chi connectivity index (χ2n) is 7.18. The molecule has 5 rings (SSSR count). The Balaban J connectivity index is 1.74. The fourth-order valence-electron chi connectivity index (χ4n) is 3.99. The van der Waals surface area contributed by atoms with Crippen LogP contribution in [-0.4, -0.2) is 22.8 Å². The Bertz CT molecular complexity index is 1450. The standard InChI is InChI=1S/C26H19NO3/c1-2-30-26(29)22-16-23(27-14-13-18-8-5-6-10-21(18)24(22)27)25(28)20-12-11-17-7-3-4-9-19(17)15-20/h3-16H,2H2,1H3. The minimum Gasteiger partial charge on any atom is -0.462 e. The summed E-state index contributed by atoms with van der Waals surface area (Å²) in [5, 5.41) is 3.98. The molecule has 4 nitrogen and oxygen atoms in total. The van der Waals surface area contributed by atoms with Crippen molar-refractivity contribution in [1.29, 1.82) is 0 Å². The highest BCUT2D eigenvalue weighted by molar-refractivity contribution is 6.15. The summed E-state index contributed by atoms with van der Waals surface area (Å²) in [5.74, 6) is -0.564. The number of carbonyl (C=O) groups is 2. The third kappa shape index (κ3) is 2.85. The lowest BCUT2D eigenvalue weighted by Crippen LogP contribution is -2.05. The summed E-state index contributed by atoms with van der Waals surface area (Å²) in [6.07, 6.45) is 1.84. The number of hydrogen-bond acceptors (Lipinski definition) is 3. The van der Waals surface area contributed by atoms with E-state index >= 15 is 0 Å². The lowest BCUT2D eigenvalue weighted by atomic mass is 10.0. The van der Waals surface area contributed by atoms with Gasteiger partial charge in [0.25, 0.3) is 0 Å². The number of benzene rings is 3. The number of fused-ring (bicyclic) bond motifs is 4. The Morgan fingerprint density at radius 1 is 0.833 bits per heavy atom. The van der Waals surface area contributed by atoms with Crippen LogP contribution in [0.3, 0.4) is 0 Å². The Kier molecular flexibility index (Phi) is 4.32. The molecule has 0 aliphatic rings. The number of ketones is 1. The van der Waals surface area contributed by atoms with Crippen molar-refractivity contribution in [3.63, 3.8) is 0 Å². The number of hydrogen-bond donors (Lipinski definition) is 0. The van der Waals surface area contributed by atoms with E-state index in [0.717, 1.165) is 21.5 Å². The molecule has 5 aromatic rings. The summed E-state index contributed by atoms with van der Waals surface area (Å²) < 4.78 is 7.08. The minimum absolute atomic E-state index is 0.137. The first kappa shape index (κ1) is 18.1. The molecule has 2 aromatic heterocycles. The van der Waals surface area contributed by atoms with E-state index in [1.807, 2.05) is 79.0 Å². The summed E-state index contributed by atoms with van der Waals surface area (Å²) in [4.78, 5) is 26.2. The molecule has 3 aromatic carbocycles. The molecule has 0 spiro atoms. The van der Waals surface area contributed by atoms with Gasteiger partial charge in [0.05, 0.1) is 23.4 Å². The molecule has 0 bridgehead atoms. The lowest BCUT2D eigenvalue weighted by molar-refractivity contribution is 0.0529. The van der Waals surface area contributed by atoms with E-state index in [1.54, 1.807) is 17.4 Å². The number of pyridine rings is 1. The van der Waals surface area contributed by atoms with Gasteiger partial charge in [0, 0.05) is 17.1 Å². The van der Waals surface area contributed by atoms with Crippen LogP contribution in [0.5, 0.6) is 0 Å². The lowest BCUT2D eigenvalue weighted by Gasteiger charge is -2.07. The first-order chi connectivity index (χ1) is 14.7. The predicted molar refractivity (Wildman–Crippen MR) is 118 cm³/mol. The number of aromatic nitrogens is 1. The number of esters is 1. The van der Waals surface area contributed by atoms with Gasteiger partial charge in [-0.25, -0.2) is 4.79 Å². The Morgan fingerprint density at radius 3 is 2.37 bits per heavy atom. The smallest absolute Gasteiger partial charge is 0.340 e. The van der Waals surface area contributed by atoms with Crippen LogP contribution in [0.15, 0.2) is 85.1 Å². The van der Waals surface area contributed by atoms with Gasteiger partial charge in [0.1, 0.15) is 0 Å². The highest BCUT2D eigenvalue weighted by Gasteiger charge is 2.23. The largest absolute Gasteiger partial charge is 0.462 e. The van der Waals surface area contributed by atoms with Crippen LogP contribution in [0.2, 0.25) is 0 Å². The van der Waals surface area contributed by atoms with Crippen molar-refractivity contribution < 1.29 is 14.3 Å². The SMILES string of the molecule is CCOC(=O)c1cc(C(=O)c2ccc3ccccc3c2)n2ccc3ccccc3c12. The summed E-state index contributed by atoms with van der Waals surface area (Å²) in [6.45, 7) is 2.05. The average molecular weight is 393 g/mol. The molecule has 0 radical (unpaired) electrons. The summed E-state index contributed by atoms with van der Waals surface area (Å²) in [7, 11) is 0. The van der Waals surface area contributed by atoms with Crippen molar-refractivity contribution in [1.82, 2.24) is 4.40 Å². The van der Waals surface area contributed by atoms with Gasteiger partial charge < -0.3 is 9.14 Å². The van der Waals surface area contributed by atoms with Crippen molar-refractivity contribution in [2.45, 2.75) is 6.92 Å². The molecule has 2 heterocycles. The van der Waals surface area contributed by atoms with Gasteiger partial charge in [-0.3, -0.25) is 4.79 Å². The van der Waals surface area contributed by atoms with Crippen LogP contribution in [0.25, 0.3) is 27.1 Å². The number of nitrogens with zero attached hydrogens (tertiary/aromatic N) is 1. The molecule has 146 valence electrons. The molecular formula is C26H19NO3. The van der Waals surface area contributed by atoms with Crippen molar-refractivity contribution in [2.75, 3.05) is 6.61 Å². The molecule has 0 unspecified atom stereocenters. The number of rotatable bonds is 4. The molecule has 0 amide bonds. The molecular weight excluding hydrogens is 374 g/mol. The molecule has 0 aliphatic heterocycles. The molecule has 30 heavy (non-hydrogen) atoms. The van der Waals surface area contributed by atoms with Gasteiger partial charge in [-0.2, -0.15) is 0 Å². The van der Waals surface area contributed by atoms with E-state index in [0.29, 0.717) is 22.3 Å². The third-order valence-corrected chi connectivity index (χ3v) is 5.40. The van der Waals surface area contributed by atoms with Crippen LogP contribution in [-0.2, 0) is 4.74 Å². The van der Waals surface area contributed by atoms with Crippen molar-refractivity contribution >= 4 is 38.8 Å². The minimum atomic E-state index is -0.427. The van der Waals surface area contributed by atoms with E-state index in [-0.39, 0.29) is 12.4 Å². The predicted octanol–water partition coefficient (Wildman–Crippen LogP) is 5.65. The molecule has 0 aliphatic carbocycles. The maximum absolute atomic E-state index is 13.5. The van der Waals surface area contributed by atoms with Gasteiger partial charge in [0.2, 0.25) is 5.78 Å². The summed E-state index contributed by atoms with van der Waals surface area (Å²) >= 11 is 0. The van der Waals surface area contributed by atoms with E-state index in [9.17, 15) is 9.59 Å². The van der Waals surface area contributed by atoms with Crippen molar-refractivity contribution in [3.05, 3.63) is 102 Å². The zero-order chi connectivity index (χ0) is 20.7. The molecule has 0 saturated carbocycles. The van der Waals surface area contributed by atoms with Crippen LogP contribution < -0.4 is 0 Å². The molecule has 4 heteroatoms. The molecule has 0 N–H and O–H groups in total. The van der Waals surface area contributed by atoms with Crippen LogP contribution in [0.4, 0.5) is 0 Å². The van der Waals surface area contributed by atoms with Crippen LogP contribution >= 0.6 is 0 Å². The Morgan fingerprint density at radius 2 is 1.57 bits per heavy atom. The highest BCUT2D eigenvalue weighted by Crippen LogP contribution is 2.28. The van der Waals surface area contributed by atoms with Gasteiger partial charge in [-0.05, 0) is 41.3 Å². The second-order valence-corrected chi connectivity index (χ2v) is 7.18. The van der Waals surface area contributed by atoms with E-state index in [4.69, 9.17) is 4.74 Å². The molecule has 0 atom stereocenters. The fraction of sp³-hybridized carbons (Fsp3) is 0.0769. The van der Waals surface area contributed by atoms with Crippen LogP contribution in [0, 0.1) is 0 Å². The molecule has 0 fully saturated rings.